The predicted octanol–water partition coefficient (Wildman–Crippen LogP) is 4.00. The molecule has 2 amide bonds. The van der Waals surface area contributed by atoms with E-state index in [0.29, 0.717) is 19.3 Å². The minimum Gasteiger partial charge on any atom is -0.476 e. The predicted molar refractivity (Wildman–Crippen MR) is 161 cm³/mol. The Morgan fingerprint density at radius 3 is 2.42 bits per heavy atom. The molecule has 242 valence electrons. The Bertz CT molecular complexity index is 1110. The van der Waals surface area contributed by atoms with Crippen molar-refractivity contribution >= 4 is 41.1 Å². The monoisotopic (exact) mass is 624 g/mol. The number of ether oxygens (including phenoxy) is 2. The molecule has 0 aromatic carbocycles. The lowest BCUT2D eigenvalue weighted by Gasteiger charge is -2.39. The maximum absolute atomic E-state index is 14.4. The van der Waals surface area contributed by atoms with E-state index < -0.39 is 42.0 Å². The molecule has 12 nitrogen and oxygen atoms in total. The molecule has 1 saturated heterocycles. The Balaban J connectivity index is 2.48. The number of esters is 2. The van der Waals surface area contributed by atoms with Crippen molar-refractivity contribution in [2.45, 2.75) is 111 Å². The van der Waals surface area contributed by atoms with Crippen LogP contribution < -0.4 is 5.32 Å². The second-order valence-corrected chi connectivity index (χ2v) is 12.5. The average Bonchev–Trinajstić information content (AvgIpc) is 3.45. The molecule has 0 radical (unpaired) electrons. The lowest BCUT2D eigenvalue weighted by molar-refractivity contribution is -0.160. The molecule has 5 atom stereocenters. The standard InChI is InChI=1S/C30H48N4O8S/c1-8-12-25(36)41-17-34(29(38)26(19(5)9-2)32-27(37)22-13-10-11-14-33(22)7)23(18(3)4)15-24(42-20(6)35)28-31-21(16-43-28)30(39)40/h16,18-19,22-24,26H,8-15,17H2,1-7H3,(H,32,37)(H,39,40). The van der Waals surface area contributed by atoms with Crippen molar-refractivity contribution in [2.24, 2.45) is 11.8 Å². The molecule has 13 heteroatoms. The third-order valence-electron chi connectivity index (χ3n) is 7.90. The number of amides is 2. The molecule has 0 aliphatic carbocycles. The van der Waals surface area contributed by atoms with Gasteiger partial charge in [-0.25, -0.2) is 9.78 Å². The Morgan fingerprint density at radius 2 is 1.88 bits per heavy atom. The van der Waals surface area contributed by atoms with Gasteiger partial charge in [-0.05, 0) is 44.7 Å². The van der Waals surface area contributed by atoms with Crippen LogP contribution in [0.25, 0.3) is 0 Å². The molecule has 43 heavy (non-hydrogen) atoms. The topological polar surface area (TPSA) is 155 Å². The number of rotatable bonds is 16. The lowest BCUT2D eigenvalue weighted by atomic mass is 9.92. The van der Waals surface area contributed by atoms with Crippen LogP contribution in [0, 0.1) is 11.8 Å². The summed E-state index contributed by atoms with van der Waals surface area (Å²) < 4.78 is 11.1. The molecule has 0 bridgehead atoms. The normalized spacial score (nSPS) is 18.3. The van der Waals surface area contributed by atoms with Gasteiger partial charge in [0.15, 0.2) is 18.5 Å². The summed E-state index contributed by atoms with van der Waals surface area (Å²) in [4.78, 5) is 71.4. The Hall–Kier alpha value is -3.06. The number of hydrogen-bond acceptors (Lipinski definition) is 10. The highest BCUT2D eigenvalue weighted by atomic mass is 32.1. The number of carbonyl (C=O) groups is 5. The van der Waals surface area contributed by atoms with Gasteiger partial charge in [0, 0.05) is 31.2 Å². The second kappa shape index (κ2) is 17.3. The molecule has 0 spiro atoms. The summed E-state index contributed by atoms with van der Waals surface area (Å²) in [7, 11) is 1.90. The fourth-order valence-corrected chi connectivity index (χ4v) is 6.00. The average molecular weight is 625 g/mol. The van der Waals surface area contributed by atoms with Gasteiger partial charge in [-0.3, -0.25) is 24.1 Å². The van der Waals surface area contributed by atoms with Crippen LogP contribution in [-0.2, 0) is 28.7 Å². The minimum atomic E-state index is -1.21. The van der Waals surface area contributed by atoms with Crippen LogP contribution in [0.15, 0.2) is 5.38 Å². The molecule has 1 aromatic rings. The van der Waals surface area contributed by atoms with Gasteiger partial charge >= 0.3 is 17.9 Å². The number of nitrogens with one attached hydrogen (secondary N) is 1. The van der Waals surface area contributed by atoms with Gasteiger partial charge in [-0.2, -0.15) is 0 Å². The number of aromatic nitrogens is 1. The van der Waals surface area contributed by atoms with Crippen LogP contribution in [0.1, 0.15) is 108 Å². The molecule has 2 N–H and O–H groups in total. The van der Waals surface area contributed by atoms with E-state index in [0.717, 1.165) is 30.7 Å². The molecule has 1 aromatic heterocycles. The van der Waals surface area contributed by atoms with E-state index >= 15 is 0 Å². The van der Waals surface area contributed by atoms with E-state index in [4.69, 9.17) is 9.47 Å². The second-order valence-electron chi connectivity index (χ2n) is 11.6. The van der Waals surface area contributed by atoms with Gasteiger partial charge in [-0.1, -0.05) is 47.5 Å². The van der Waals surface area contributed by atoms with Gasteiger partial charge in [0.05, 0.1) is 6.04 Å². The van der Waals surface area contributed by atoms with Crippen LogP contribution in [-0.4, -0.2) is 88.1 Å². The molecule has 2 heterocycles. The Labute approximate surface area is 258 Å². The van der Waals surface area contributed by atoms with Gasteiger partial charge in [0.1, 0.15) is 11.0 Å². The summed E-state index contributed by atoms with van der Waals surface area (Å²) in [6, 6.07) is -1.85. The van der Waals surface area contributed by atoms with Gasteiger partial charge in [0.2, 0.25) is 11.8 Å². The van der Waals surface area contributed by atoms with Crippen LogP contribution in [0.3, 0.4) is 0 Å². The maximum Gasteiger partial charge on any atom is 0.355 e. The number of thiazole rings is 1. The smallest absolute Gasteiger partial charge is 0.355 e. The first kappa shape index (κ1) is 36.1. The van der Waals surface area contributed by atoms with Gasteiger partial charge in [-0.15, -0.1) is 11.3 Å². The van der Waals surface area contributed by atoms with Gasteiger partial charge < -0.3 is 24.8 Å². The lowest BCUT2D eigenvalue weighted by Crippen LogP contribution is -2.59. The molecular formula is C30H48N4O8S. The first-order valence-electron chi connectivity index (χ1n) is 15.1. The zero-order valence-corrected chi connectivity index (χ0v) is 27.3. The van der Waals surface area contributed by atoms with Crippen molar-refractivity contribution in [1.29, 1.82) is 0 Å². The van der Waals surface area contributed by atoms with E-state index in [2.05, 4.69) is 10.3 Å². The number of carboxylic acid groups (broad SMARTS) is 1. The third-order valence-corrected chi connectivity index (χ3v) is 8.84. The van der Waals surface area contributed by atoms with Crippen molar-refractivity contribution in [3.8, 4) is 0 Å². The summed E-state index contributed by atoms with van der Waals surface area (Å²) in [6.07, 6.45) is 3.14. The Morgan fingerprint density at radius 1 is 1.19 bits per heavy atom. The van der Waals surface area contributed by atoms with Crippen LogP contribution in [0.2, 0.25) is 0 Å². The quantitative estimate of drug-likeness (QED) is 0.204. The zero-order chi connectivity index (χ0) is 32.3. The van der Waals surface area contributed by atoms with Crippen LogP contribution >= 0.6 is 11.3 Å². The number of carboxylic acids is 1. The summed E-state index contributed by atoms with van der Waals surface area (Å²) in [5.41, 5.74) is -0.174. The van der Waals surface area contributed by atoms with E-state index in [-0.39, 0.29) is 54.1 Å². The highest BCUT2D eigenvalue weighted by molar-refractivity contribution is 7.09. The third kappa shape index (κ3) is 10.6. The summed E-state index contributed by atoms with van der Waals surface area (Å²) in [6.45, 7) is 11.2. The molecule has 1 aliphatic rings. The van der Waals surface area contributed by atoms with Crippen molar-refractivity contribution in [3.63, 3.8) is 0 Å². The number of piperidine rings is 1. The van der Waals surface area contributed by atoms with Crippen LogP contribution in [0.5, 0.6) is 0 Å². The van der Waals surface area contributed by atoms with E-state index in [1.807, 2.05) is 46.6 Å². The van der Waals surface area contributed by atoms with E-state index in [1.54, 1.807) is 0 Å². The summed E-state index contributed by atoms with van der Waals surface area (Å²) in [5, 5.41) is 14.0. The minimum absolute atomic E-state index is 0.0768. The highest BCUT2D eigenvalue weighted by Crippen LogP contribution is 2.31. The summed E-state index contributed by atoms with van der Waals surface area (Å²) >= 11 is 1.05. The molecule has 2 rings (SSSR count). The molecule has 0 saturated carbocycles. The summed E-state index contributed by atoms with van der Waals surface area (Å²) in [5.74, 6) is -3.31. The fraction of sp³-hybridized carbons (Fsp3) is 0.733. The van der Waals surface area contributed by atoms with E-state index in [9.17, 15) is 29.1 Å². The number of hydrogen-bond donors (Lipinski definition) is 2. The van der Waals surface area contributed by atoms with Crippen molar-refractivity contribution in [1.82, 2.24) is 20.1 Å². The van der Waals surface area contributed by atoms with E-state index in [1.165, 1.54) is 17.2 Å². The Kier molecular flexibility index (Phi) is 14.5. The van der Waals surface area contributed by atoms with Crippen molar-refractivity contribution in [3.05, 3.63) is 16.1 Å². The number of carbonyl (C=O) groups excluding carboxylic acids is 4. The van der Waals surface area contributed by atoms with Crippen molar-refractivity contribution < 1.29 is 38.6 Å². The number of likely N-dealkylation sites (N-methyl/N-ethyl adjacent to an activating group) is 1. The largest absolute Gasteiger partial charge is 0.476 e. The maximum atomic E-state index is 14.4. The molecule has 5 unspecified atom stereocenters. The number of nitrogens with zero attached hydrogens (tertiary/aromatic N) is 3. The molecule has 1 fully saturated rings. The fourth-order valence-electron chi connectivity index (χ4n) is 5.17. The first-order valence-corrected chi connectivity index (χ1v) is 16.0. The highest BCUT2D eigenvalue weighted by Gasteiger charge is 2.39. The van der Waals surface area contributed by atoms with Gasteiger partial charge in [0.25, 0.3) is 0 Å². The van der Waals surface area contributed by atoms with Crippen molar-refractivity contribution in [2.75, 3.05) is 20.3 Å². The number of aromatic carboxylic acids is 1. The molecule has 1 aliphatic heterocycles. The molecular weight excluding hydrogens is 576 g/mol. The zero-order valence-electron chi connectivity index (χ0n) is 26.5. The first-order chi connectivity index (χ1) is 20.3. The number of likely N-dealkylation sites (tertiary alicyclic amines) is 1. The SMILES string of the molecule is CCCC(=O)OCN(C(=O)C(NC(=O)C1CCCCN1C)C(C)CC)C(CC(OC(C)=O)c1nc(C(=O)O)cs1)C(C)C. The van der Waals surface area contributed by atoms with Crippen LogP contribution in [0.4, 0.5) is 0 Å².